The Morgan fingerprint density at radius 1 is 1.35 bits per heavy atom. The van der Waals surface area contributed by atoms with Crippen molar-refractivity contribution in [1.82, 2.24) is 14.8 Å². The van der Waals surface area contributed by atoms with Crippen LogP contribution in [0.2, 0.25) is 0 Å². The summed E-state index contributed by atoms with van der Waals surface area (Å²) in [5, 5.41) is 0. The second-order valence-corrected chi connectivity index (χ2v) is 5.89. The normalized spacial score (nSPS) is 27.1. The van der Waals surface area contributed by atoms with E-state index in [1.807, 2.05) is 4.90 Å². The molecule has 1 amide bonds. The smallest absolute Gasteiger partial charge is 0.254 e. The molecule has 0 bridgehead atoms. The van der Waals surface area contributed by atoms with Gasteiger partial charge in [-0.3, -0.25) is 14.5 Å². The lowest BCUT2D eigenvalue weighted by Gasteiger charge is -2.47. The van der Waals surface area contributed by atoms with Gasteiger partial charge in [-0.2, -0.15) is 0 Å². The first-order valence-electron chi connectivity index (χ1n) is 7.39. The number of aromatic nitrogens is 1. The van der Waals surface area contributed by atoms with Crippen molar-refractivity contribution >= 4 is 5.91 Å². The van der Waals surface area contributed by atoms with Gasteiger partial charge in [-0.25, -0.2) is 0 Å². The minimum atomic E-state index is -0.222. The maximum absolute atomic E-state index is 12.6. The molecule has 0 aromatic carbocycles. The Morgan fingerprint density at radius 3 is 3.00 bits per heavy atom. The van der Waals surface area contributed by atoms with Crippen LogP contribution in [0.5, 0.6) is 0 Å². The van der Waals surface area contributed by atoms with Gasteiger partial charge in [0.15, 0.2) is 0 Å². The number of amides is 1. The molecule has 3 heterocycles. The zero-order valence-corrected chi connectivity index (χ0v) is 11.8. The van der Waals surface area contributed by atoms with E-state index in [4.69, 9.17) is 0 Å². The number of nitrogens with one attached hydrogen (secondary N) is 1. The van der Waals surface area contributed by atoms with Crippen LogP contribution in [0.15, 0.2) is 23.1 Å². The summed E-state index contributed by atoms with van der Waals surface area (Å²) < 4.78 is 0. The van der Waals surface area contributed by atoms with E-state index in [-0.39, 0.29) is 17.5 Å². The van der Waals surface area contributed by atoms with Gasteiger partial charge in [-0.1, -0.05) is 6.42 Å². The molecule has 0 saturated carbocycles. The van der Waals surface area contributed by atoms with Crippen LogP contribution in [-0.2, 0) is 0 Å². The third-order valence-corrected chi connectivity index (χ3v) is 4.47. The fourth-order valence-electron chi connectivity index (χ4n) is 3.38. The molecular formula is C15H21N3O2. The minimum Gasteiger partial charge on any atom is -0.333 e. The number of carbonyl (C=O) groups excluding carboxylic acids is 1. The van der Waals surface area contributed by atoms with Crippen LogP contribution in [0.4, 0.5) is 0 Å². The molecule has 0 radical (unpaired) electrons. The van der Waals surface area contributed by atoms with Gasteiger partial charge in [-0.05, 0) is 32.4 Å². The SMILES string of the molecule is CC1CN2CCCCC2CN1C(=O)c1cc[nH]c(=O)c1. The summed E-state index contributed by atoms with van der Waals surface area (Å²) in [4.78, 5) is 30.9. The second-order valence-electron chi connectivity index (χ2n) is 5.89. The standard InChI is InChI=1S/C15H21N3O2/c1-11-9-17-7-3-2-4-13(17)10-18(11)15(20)12-5-6-16-14(19)8-12/h5-6,8,11,13H,2-4,7,9-10H2,1H3,(H,16,19). The van der Waals surface area contributed by atoms with Crippen molar-refractivity contribution in [2.75, 3.05) is 19.6 Å². The number of piperidine rings is 1. The van der Waals surface area contributed by atoms with Crippen molar-refractivity contribution in [3.63, 3.8) is 0 Å². The highest BCUT2D eigenvalue weighted by atomic mass is 16.2. The molecule has 0 spiro atoms. The largest absolute Gasteiger partial charge is 0.333 e. The number of rotatable bonds is 1. The van der Waals surface area contributed by atoms with E-state index >= 15 is 0 Å². The molecule has 5 nitrogen and oxygen atoms in total. The predicted octanol–water partition coefficient (Wildman–Crippen LogP) is 1.07. The van der Waals surface area contributed by atoms with Crippen LogP contribution < -0.4 is 5.56 Å². The highest BCUT2D eigenvalue weighted by molar-refractivity contribution is 5.94. The molecular weight excluding hydrogens is 254 g/mol. The number of piperazine rings is 1. The Kier molecular flexibility index (Phi) is 3.61. The molecule has 5 heteroatoms. The number of hydrogen-bond acceptors (Lipinski definition) is 3. The maximum atomic E-state index is 12.6. The van der Waals surface area contributed by atoms with Gasteiger partial charge in [0, 0.05) is 43.0 Å². The third-order valence-electron chi connectivity index (χ3n) is 4.47. The number of nitrogens with zero attached hydrogens (tertiary/aromatic N) is 2. The topological polar surface area (TPSA) is 56.4 Å². The van der Waals surface area contributed by atoms with E-state index in [2.05, 4.69) is 16.8 Å². The average molecular weight is 275 g/mol. The molecule has 108 valence electrons. The van der Waals surface area contributed by atoms with Crippen molar-refractivity contribution in [2.24, 2.45) is 0 Å². The Balaban J connectivity index is 1.79. The maximum Gasteiger partial charge on any atom is 0.254 e. The van der Waals surface area contributed by atoms with Gasteiger partial charge >= 0.3 is 0 Å². The number of hydrogen-bond donors (Lipinski definition) is 1. The highest BCUT2D eigenvalue weighted by Gasteiger charge is 2.35. The molecule has 3 rings (SSSR count). The van der Waals surface area contributed by atoms with Crippen LogP contribution in [0.3, 0.4) is 0 Å². The molecule has 1 N–H and O–H groups in total. The summed E-state index contributed by atoms with van der Waals surface area (Å²) in [6, 6.07) is 3.77. The Morgan fingerprint density at radius 2 is 2.20 bits per heavy atom. The first kappa shape index (κ1) is 13.4. The fraction of sp³-hybridized carbons (Fsp3) is 0.600. The molecule has 2 fully saturated rings. The summed E-state index contributed by atoms with van der Waals surface area (Å²) in [5.74, 6) is -0.0196. The number of pyridine rings is 1. The molecule has 2 aliphatic rings. The average Bonchev–Trinajstić information content (AvgIpc) is 2.46. The quantitative estimate of drug-likeness (QED) is 0.834. The predicted molar refractivity (Wildman–Crippen MR) is 76.8 cm³/mol. The lowest BCUT2D eigenvalue weighted by Crippen LogP contribution is -2.60. The van der Waals surface area contributed by atoms with Crippen molar-refractivity contribution in [3.8, 4) is 0 Å². The Hall–Kier alpha value is -1.62. The molecule has 2 unspecified atom stereocenters. The lowest BCUT2D eigenvalue weighted by molar-refractivity contribution is 0.0151. The molecule has 2 aliphatic heterocycles. The Labute approximate surface area is 118 Å². The zero-order valence-electron chi connectivity index (χ0n) is 11.8. The van der Waals surface area contributed by atoms with Gasteiger partial charge in [0.05, 0.1) is 0 Å². The number of aromatic amines is 1. The number of H-pyrrole nitrogens is 1. The number of fused-ring (bicyclic) bond motifs is 1. The zero-order chi connectivity index (χ0) is 14.1. The highest BCUT2D eigenvalue weighted by Crippen LogP contribution is 2.24. The molecule has 20 heavy (non-hydrogen) atoms. The van der Waals surface area contributed by atoms with Crippen molar-refractivity contribution < 1.29 is 4.79 Å². The van der Waals surface area contributed by atoms with Gasteiger partial charge in [0.2, 0.25) is 5.56 Å². The van der Waals surface area contributed by atoms with Crippen LogP contribution >= 0.6 is 0 Å². The molecule has 2 saturated heterocycles. The van der Waals surface area contributed by atoms with E-state index in [0.717, 1.165) is 19.6 Å². The van der Waals surface area contributed by atoms with Crippen LogP contribution in [0, 0.1) is 0 Å². The van der Waals surface area contributed by atoms with E-state index < -0.39 is 0 Å². The summed E-state index contributed by atoms with van der Waals surface area (Å²) in [6.07, 6.45) is 5.23. The molecule has 2 atom stereocenters. The fourth-order valence-corrected chi connectivity index (χ4v) is 3.38. The van der Waals surface area contributed by atoms with Gasteiger partial charge in [0.1, 0.15) is 0 Å². The van der Waals surface area contributed by atoms with Crippen molar-refractivity contribution in [1.29, 1.82) is 0 Å². The van der Waals surface area contributed by atoms with Crippen molar-refractivity contribution in [3.05, 3.63) is 34.2 Å². The van der Waals surface area contributed by atoms with E-state index in [1.54, 1.807) is 6.07 Å². The first-order chi connectivity index (χ1) is 9.65. The summed E-state index contributed by atoms with van der Waals surface area (Å²) in [5.41, 5.74) is 0.268. The summed E-state index contributed by atoms with van der Waals surface area (Å²) in [7, 11) is 0. The van der Waals surface area contributed by atoms with E-state index in [9.17, 15) is 9.59 Å². The van der Waals surface area contributed by atoms with Gasteiger partial charge in [-0.15, -0.1) is 0 Å². The lowest BCUT2D eigenvalue weighted by atomic mass is 9.96. The summed E-state index contributed by atoms with van der Waals surface area (Å²) >= 11 is 0. The molecule has 1 aromatic heterocycles. The number of carbonyl (C=O) groups is 1. The van der Waals surface area contributed by atoms with E-state index in [1.165, 1.54) is 31.5 Å². The first-order valence-corrected chi connectivity index (χ1v) is 7.39. The van der Waals surface area contributed by atoms with Crippen LogP contribution in [-0.4, -0.2) is 52.4 Å². The van der Waals surface area contributed by atoms with Crippen LogP contribution in [0.25, 0.3) is 0 Å². The second kappa shape index (κ2) is 5.40. The molecule has 0 aliphatic carbocycles. The van der Waals surface area contributed by atoms with Crippen LogP contribution in [0.1, 0.15) is 36.5 Å². The van der Waals surface area contributed by atoms with Gasteiger partial charge in [0.25, 0.3) is 5.91 Å². The van der Waals surface area contributed by atoms with Crippen molar-refractivity contribution in [2.45, 2.75) is 38.3 Å². The minimum absolute atomic E-state index is 0.0196. The Bertz CT molecular complexity index is 554. The monoisotopic (exact) mass is 275 g/mol. The summed E-state index contributed by atoms with van der Waals surface area (Å²) in [6.45, 7) is 4.98. The van der Waals surface area contributed by atoms with Gasteiger partial charge < -0.3 is 9.88 Å². The molecule has 1 aromatic rings. The third kappa shape index (κ3) is 2.50. The van der Waals surface area contributed by atoms with E-state index in [0.29, 0.717) is 11.6 Å².